The van der Waals surface area contributed by atoms with Gasteiger partial charge >= 0.3 is 0 Å². The number of amides is 1. The summed E-state index contributed by atoms with van der Waals surface area (Å²) in [5, 5.41) is 5.13. The van der Waals surface area contributed by atoms with Gasteiger partial charge in [-0.3, -0.25) is 9.36 Å². The predicted octanol–water partition coefficient (Wildman–Crippen LogP) is 5.56. The normalized spacial score (nSPS) is 14.9. The van der Waals surface area contributed by atoms with E-state index in [2.05, 4.69) is 5.32 Å². The average molecular weight is 442 g/mol. The van der Waals surface area contributed by atoms with Gasteiger partial charge in [-0.2, -0.15) is 0 Å². The van der Waals surface area contributed by atoms with E-state index in [0.29, 0.717) is 16.0 Å². The second-order valence-corrected chi connectivity index (χ2v) is 9.94. The lowest BCUT2D eigenvalue weighted by molar-refractivity contribution is -0.120. The molecule has 0 saturated carbocycles. The lowest BCUT2D eigenvalue weighted by Gasteiger charge is -2.18. The van der Waals surface area contributed by atoms with Gasteiger partial charge in [0.2, 0.25) is 13.3 Å². The summed E-state index contributed by atoms with van der Waals surface area (Å²) in [4.78, 5) is 22.8. The van der Waals surface area contributed by atoms with Crippen molar-refractivity contribution in [1.82, 2.24) is 5.32 Å². The second-order valence-electron chi connectivity index (χ2n) is 6.19. The molecule has 2 atom stereocenters. The van der Waals surface area contributed by atoms with E-state index in [1.165, 1.54) is 23.5 Å². The van der Waals surface area contributed by atoms with Crippen molar-refractivity contribution in [1.29, 1.82) is 0 Å². The Morgan fingerprint density at radius 2 is 2.04 bits per heavy atom. The van der Waals surface area contributed by atoms with Crippen LogP contribution in [0.15, 0.2) is 48.0 Å². The minimum Gasteiger partial charge on any atom is -0.344 e. The molecule has 28 heavy (non-hydrogen) atoms. The fraction of sp³-hybridized carbons (Fsp3) is 0.105. The van der Waals surface area contributed by atoms with Gasteiger partial charge in [-0.1, -0.05) is 11.6 Å². The van der Waals surface area contributed by atoms with Crippen LogP contribution in [0.1, 0.15) is 16.8 Å². The van der Waals surface area contributed by atoms with E-state index in [4.69, 9.17) is 11.6 Å². The Morgan fingerprint density at radius 1 is 1.29 bits per heavy atom. The summed E-state index contributed by atoms with van der Waals surface area (Å²) in [6.07, 6.45) is 2.40. The standard InChI is InChI=1S/C19H15ClF2NO3PS/c1-27(25,26)18(15-10-28-17-5-3-12(20)8-14(15)17)19(24)23-7-6-11-2-4-13(21)9-16(11)22/h2-10,18H,1H3,(H,23,24)(H,25,26)/b7-6+. The molecule has 3 aromatic rings. The van der Waals surface area contributed by atoms with Crippen LogP contribution < -0.4 is 5.32 Å². The predicted molar refractivity (Wildman–Crippen MR) is 109 cm³/mol. The summed E-state index contributed by atoms with van der Waals surface area (Å²) in [6, 6.07) is 8.14. The van der Waals surface area contributed by atoms with Gasteiger partial charge in [0, 0.05) is 34.2 Å². The molecule has 0 aliphatic rings. The molecule has 0 radical (unpaired) electrons. The minimum absolute atomic E-state index is 0.0645. The summed E-state index contributed by atoms with van der Waals surface area (Å²) in [6.45, 7) is 1.11. The molecule has 4 nitrogen and oxygen atoms in total. The van der Waals surface area contributed by atoms with Crippen molar-refractivity contribution in [3.8, 4) is 0 Å². The summed E-state index contributed by atoms with van der Waals surface area (Å²) in [5.74, 6) is -2.22. The summed E-state index contributed by atoms with van der Waals surface area (Å²) >= 11 is 7.36. The topological polar surface area (TPSA) is 66.4 Å². The number of halogens is 3. The maximum Gasteiger partial charge on any atom is 0.241 e. The number of thiophene rings is 1. The third-order valence-electron chi connectivity index (χ3n) is 4.04. The van der Waals surface area contributed by atoms with E-state index < -0.39 is 30.6 Å². The Hall–Kier alpha value is -2.05. The number of hydrogen-bond acceptors (Lipinski definition) is 3. The van der Waals surface area contributed by atoms with Crippen LogP contribution in [0, 0.1) is 11.6 Å². The molecule has 0 aliphatic heterocycles. The number of nitrogens with one attached hydrogen (secondary N) is 1. The molecule has 1 heterocycles. The SMILES string of the molecule is CP(=O)(O)C(C(=O)N/C=C/c1ccc(F)cc1F)c1csc2ccc(Cl)cc12. The smallest absolute Gasteiger partial charge is 0.241 e. The minimum atomic E-state index is -3.87. The zero-order valence-electron chi connectivity index (χ0n) is 14.5. The van der Waals surface area contributed by atoms with Crippen molar-refractivity contribution < 1.29 is 23.0 Å². The highest BCUT2D eigenvalue weighted by Crippen LogP contribution is 2.54. The molecule has 0 bridgehead atoms. The van der Waals surface area contributed by atoms with Crippen molar-refractivity contribution in [2.24, 2.45) is 0 Å². The summed E-state index contributed by atoms with van der Waals surface area (Å²) in [7, 11) is -3.87. The highest BCUT2D eigenvalue weighted by atomic mass is 35.5. The van der Waals surface area contributed by atoms with Gasteiger partial charge in [-0.05, 0) is 52.7 Å². The molecule has 0 spiro atoms. The van der Waals surface area contributed by atoms with Gasteiger partial charge in [0.25, 0.3) is 0 Å². The van der Waals surface area contributed by atoms with Crippen LogP contribution in [0.5, 0.6) is 0 Å². The van der Waals surface area contributed by atoms with E-state index in [1.807, 2.05) is 0 Å². The first-order valence-electron chi connectivity index (χ1n) is 8.05. The van der Waals surface area contributed by atoms with E-state index in [9.17, 15) is 23.0 Å². The third kappa shape index (κ3) is 4.50. The largest absolute Gasteiger partial charge is 0.344 e. The highest BCUT2D eigenvalue weighted by Gasteiger charge is 2.36. The van der Waals surface area contributed by atoms with E-state index in [0.717, 1.165) is 29.7 Å². The molecule has 1 aromatic heterocycles. The van der Waals surface area contributed by atoms with Crippen molar-refractivity contribution >= 4 is 52.4 Å². The monoisotopic (exact) mass is 441 g/mol. The molecule has 0 fully saturated rings. The number of carbonyl (C=O) groups excluding carboxylic acids is 1. The van der Waals surface area contributed by atoms with Crippen molar-refractivity contribution in [2.75, 3.05) is 6.66 Å². The van der Waals surface area contributed by atoms with Gasteiger partial charge in [0.05, 0.1) is 0 Å². The molecule has 146 valence electrons. The number of rotatable bonds is 5. The first-order valence-corrected chi connectivity index (χ1v) is 11.5. The van der Waals surface area contributed by atoms with Crippen LogP contribution in [0.4, 0.5) is 8.78 Å². The maximum absolute atomic E-state index is 13.7. The number of carbonyl (C=O) groups is 1. The molecule has 2 aromatic carbocycles. The van der Waals surface area contributed by atoms with E-state index in [-0.39, 0.29) is 5.56 Å². The van der Waals surface area contributed by atoms with Crippen LogP contribution in [-0.2, 0) is 9.36 Å². The molecule has 1 amide bonds. The number of benzene rings is 2. The maximum atomic E-state index is 13.7. The second kappa shape index (κ2) is 8.13. The molecule has 2 N–H and O–H groups in total. The van der Waals surface area contributed by atoms with Crippen LogP contribution in [0.2, 0.25) is 5.02 Å². The van der Waals surface area contributed by atoms with Gasteiger partial charge in [-0.15, -0.1) is 11.3 Å². The zero-order valence-corrected chi connectivity index (χ0v) is 17.0. The molecule has 0 saturated heterocycles. The van der Waals surface area contributed by atoms with Gasteiger partial charge in [-0.25, -0.2) is 8.78 Å². The highest BCUT2D eigenvalue weighted by molar-refractivity contribution is 7.58. The Labute approximate surface area is 168 Å². The Morgan fingerprint density at radius 3 is 2.71 bits per heavy atom. The molecule has 2 unspecified atom stereocenters. The summed E-state index contributed by atoms with van der Waals surface area (Å²) in [5.41, 5.74) is -0.855. The van der Waals surface area contributed by atoms with E-state index >= 15 is 0 Å². The van der Waals surface area contributed by atoms with E-state index in [1.54, 1.807) is 23.6 Å². The van der Waals surface area contributed by atoms with Crippen LogP contribution in [-0.4, -0.2) is 17.5 Å². The zero-order chi connectivity index (χ0) is 20.5. The van der Waals surface area contributed by atoms with Gasteiger partial charge in [0.1, 0.15) is 17.3 Å². The van der Waals surface area contributed by atoms with Crippen molar-refractivity contribution in [2.45, 2.75) is 5.66 Å². The number of fused-ring (bicyclic) bond motifs is 1. The molecule has 3 rings (SSSR count). The molecule has 9 heteroatoms. The first kappa shape index (κ1) is 20.7. The van der Waals surface area contributed by atoms with Crippen molar-refractivity contribution in [3.05, 3.63) is 75.8 Å². The Kier molecular flexibility index (Phi) is 6.01. The Bertz CT molecular complexity index is 1130. The van der Waals surface area contributed by atoms with Crippen LogP contribution in [0.25, 0.3) is 16.2 Å². The quantitative estimate of drug-likeness (QED) is 0.509. The van der Waals surface area contributed by atoms with Crippen LogP contribution >= 0.6 is 30.3 Å². The first-order chi connectivity index (χ1) is 13.2. The number of hydrogen-bond donors (Lipinski definition) is 2. The average Bonchev–Trinajstić information content (AvgIpc) is 2.98. The van der Waals surface area contributed by atoms with Gasteiger partial charge < -0.3 is 10.2 Å². The molecular weight excluding hydrogens is 427 g/mol. The lowest BCUT2D eigenvalue weighted by atomic mass is 10.1. The fourth-order valence-corrected chi connectivity index (χ4v) is 5.26. The molecular formula is C19H15ClF2NO3PS. The molecule has 0 aliphatic carbocycles. The summed E-state index contributed by atoms with van der Waals surface area (Å²) < 4.78 is 39.9. The third-order valence-corrected chi connectivity index (χ3v) is 6.73. The Balaban J connectivity index is 1.89. The van der Waals surface area contributed by atoms with Gasteiger partial charge in [0.15, 0.2) is 0 Å². The lowest BCUT2D eigenvalue weighted by Crippen LogP contribution is -2.25. The fourth-order valence-electron chi connectivity index (χ4n) is 2.78. The van der Waals surface area contributed by atoms with Crippen molar-refractivity contribution in [3.63, 3.8) is 0 Å². The van der Waals surface area contributed by atoms with Crippen LogP contribution in [0.3, 0.4) is 0 Å².